The predicted octanol–water partition coefficient (Wildman–Crippen LogP) is 1.54. The summed E-state index contributed by atoms with van der Waals surface area (Å²) in [5, 5.41) is 8.47. The van der Waals surface area contributed by atoms with Crippen LogP contribution in [0.2, 0.25) is 5.02 Å². The Morgan fingerprint density at radius 3 is 2.82 bits per heavy atom. The quantitative estimate of drug-likeness (QED) is 0.732. The zero-order valence-corrected chi connectivity index (χ0v) is 13.3. The third-order valence-electron chi connectivity index (χ3n) is 2.86. The van der Waals surface area contributed by atoms with Crippen LogP contribution in [0.25, 0.3) is 0 Å². The highest BCUT2D eigenvalue weighted by atomic mass is 35.5. The predicted molar refractivity (Wildman–Crippen MR) is 85.6 cm³/mol. The van der Waals surface area contributed by atoms with Crippen molar-refractivity contribution in [2.45, 2.75) is 24.1 Å². The molecule has 1 atom stereocenters. The molecule has 0 spiro atoms. The first-order chi connectivity index (χ1) is 10.4. The van der Waals surface area contributed by atoms with Gasteiger partial charge in [-0.15, -0.1) is 0 Å². The molecule has 1 aromatic carbocycles. The number of anilines is 1. The van der Waals surface area contributed by atoms with Crippen LogP contribution in [-0.2, 0) is 4.79 Å². The minimum absolute atomic E-state index is 0.0186. The second kappa shape index (κ2) is 6.80. The van der Waals surface area contributed by atoms with Gasteiger partial charge in [0.15, 0.2) is 5.03 Å². The zero-order valence-electron chi connectivity index (χ0n) is 11.8. The number of nitrogens with zero attached hydrogens (tertiary/aromatic N) is 1. The van der Waals surface area contributed by atoms with Gasteiger partial charge in [-0.05, 0) is 31.5 Å². The molecule has 0 radical (unpaired) electrons. The van der Waals surface area contributed by atoms with Gasteiger partial charge in [0.1, 0.15) is 0 Å². The number of benzene rings is 1. The molecule has 1 amide bonds. The van der Waals surface area contributed by atoms with E-state index in [1.54, 1.807) is 32.0 Å². The average Bonchev–Trinajstić information content (AvgIpc) is 2.46. The molecule has 3 N–H and O–H groups in total. The monoisotopic (exact) mass is 340 g/mol. The molecule has 0 aliphatic rings. The summed E-state index contributed by atoms with van der Waals surface area (Å²) in [6.07, 6.45) is 0. The number of carbonyl (C=O) groups is 1. The minimum atomic E-state index is -0.694. The molecule has 2 rings (SSSR count). The molecular formula is C13H13ClN4O3S. The van der Waals surface area contributed by atoms with Gasteiger partial charge in [-0.3, -0.25) is 14.6 Å². The topological polar surface area (TPSA) is 108 Å². The molecule has 1 aromatic heterocycles. The van der Waals surface area contributed by atoms with Crippen molar-refractivity contribution in [3.8, 4) is 0 Å². The molecule has 2 aromatic rings. The first-order valence-corrected chi connectivity index (χ1v) is 7.56. The molecule has 0 saturated carbocycles. The maximum atomic E-state index is 12.2. The lowest BCUT2D eigenvalue weighted by molar-refractivity contribution is -0.115. The lowest BCUT2D eigenvalue weighted by atomic mass is 10.2. The van der Waals surface area contributed by atoms with Crippen molar-refractivity contribution >= 4 is 35.0 Å². The largest absolute Gasteiger partial charge is 0.342 e. The molecule has 1 heterocycles. The fourth-order valence-electron chi connectivity index (χ4n) is 1.61. The van der Waals surface area contributed by atoms with Crippen molar-refractivity contribution in [2.75, 3.05) is 5.32 Å². The molecule has 116 valence electrons. The van der Waals surface area contributed by atoms with Crippen LogP contribution in [-0.4, -0.2) is 26.3 Å². The Kier molecular flexibility index (Phi) is 5.04. The Bertz CT molecular complexity index is 817. The number of rotatable bonds is 4. The van der Waals surface area contributed by atoms with E-state index < -0.39 is 16.5 Å². The molecule has 0 aliphatic carbocycles. The van der Waals surface area contributed by atoms with Crippen LogP contribution in [0.4, 0.5) is 5.69 Å². The third-order valence-corrected chi connectivity index (χ3v) is 4.34. The Balaban J connectivity index is 2.11. The van der Waals surface area contributed by atoms with E-state index in [-0.39, 0.29) is 10.9 Å². The third kappa shape index (κ3) is 3.77. The summed E-state index contributed by atoms with van der Waals surface area (Å²) in [6, 6.07) is 5.20. The number of halogens is 1. The van der Waals surface area contributed by atoms with Crippen molar-refractivity contribution < 1.29 is 4.79 Å². The van der Waals surface area contributed by atoms with E-state index in [4.69, 9.17) is 11.6 Å². The van der Waals surface area contributed by atoms with Gasteiger partial charge >= 0.3 is 5.69 Å². The average molecular weight is 341 g/mol. The molecule has 0 saturated heterocycles. The van der Waals surface area contributed by atoms with Crippen LogP contribution >= 0.6 is 23.4 Å². The maximum absolute atomic E-state index is 12.2. The SMILES string of the molecule is Cc1c(Cl)cccc1NC(=O)C(C)Sc1n[nH]c(=O)[nH]c1=O. The fraction of sp³-hybridized carbons (Fsp3) is 0.231. The maximum Gasteiger partial charge on any atom is 0.342 e. The molecule has 0 fully saturated rings. The van der Waals surface area contributed by atoms with Crippen molar-refractivity contribution in [3.63, 3.8) is 0 Å². The molecule has 22 heavy (non-hydrogen) atoms. The highest BCUT2D eigenvalue weighted by Gasteiger charge is 2.18. The normalized spacial score (nSPS) is 12.0. The van der Waals surface area contributed by atoms with Gasteiger partial charge in [0.2, 0.25) is 5.91 Å². The number of hydrogen-bond acceptors (Lipinski definition) is 5. The van der Waals surface area contributed by atoms with E-state index in [0.29, 0.717) is 10.7 Å². The second-order valence-corrected chi connectivity index (χ2v) is 6.21. The lowest BCUT2D eigenvalue weighted by Crippen LogP contribution is -2.28. The number of H-pyrrole nitrogens is 2. The van der Waals surface area contributed by atoms with Crippen LogP contribution in [0.5, 0.6) is 0 Å². The minimum Gasteiger partial charge on any atom is -0.325 e. The Labute approximate surface area is 134 Å². The van der Waals surface area contributed by atoms with Crippen LogP contribution in [0.3, 0.4) is 0 Å². The summed E-state index contributed by atoms with van der Waals surface area (Å²) >= 11 is 6.94. The fourth-order valence-corrected chi connectivity index (χ4v) is 2.55. The van der Waals surface area contributed by atoms with Gasteiger partial charge < -0.3 is 5.32 Å². The highest BCUT2D eigenvalue weighted by Crippen LogP contribution is 2.24. The van der Waals surface area contributed by atoms with Crippen molar-refractivity contribution in [2.24, 2.45) is 0 Å². The molecule has 1 unspecified atom stereocenters. The summed E-state index contributed by atoms with van der Waals surface area (Å²) in [5.74, 6) is -0.303. The molecule has 9 heteroatoms. The van der Waals surface area contributed by atoms with Crippen LogP contribution in [0.15, 0.2) is 32.8 Å². The van der Waals surface area contributed by atoms with Gasteiger partial charge in [0.25, 0.3) is 5.56 Å². The first-order valence-electron chi connectivity index (χ1n) is 6.30. The summed E-state index contributed by atoms with van der Waals surface area (Å²) in [6.45, 7) is 3.43. The number of carbonyl (C=O) groups excluding carboxylic acids is 1. The van der Waals surface area contributed by atoms with E-state index in [9.17, 15) is 14.4 Å². The van der Waals surface area contributed by atoms with Gasteiger partial charge in [-0.25, -0.2) is 9.89 Å². The molecule has 7 nitrogen and oxygen atoms in total. The van der Waals surface area contributed by atoms with E-state index in [1.807, 2.05) is 0 Å². The van der Waals surface area contributed by atoms with Gasteiger partial charge in [-0.2, -0.15) is 5.10 Å². The second-order valence-electron chi connectivity index (χ2n) is 4.47. The number of thioether (sulfide) groups is 1. The smallest absolute Gasteiger partial charge is 0.325 e. The van der Waals surface area contributed by atoms with Crippen LogP contribution in [0, 0.1) is 6.92 Å². The van der Waals surface area contributed by atoms with Gasteiger partial charge in [-0.1, -0.05) is 29.4 Å². The number of aromatic amines is 2. The van der Waals surface area contributed by atoms with E-state index >= 15 is 0 Å². The Hall–Kier alpha value is -2.06. The molecule has 0 aliphatic heterocycles. The van der Waals surface area contributed by atoms with E-state index in [0.717, 1.165) is 17.3 Å². The Morgan fingerprint density at radius 1 is 1.41 bits per heavy atom. The number of hydrogen-bond donors (Lipinski definition) is 3. The van der Waals surface area contributed by atoms with Crippen molar-refractivity contribution in [1.29, 1.82) is 0 Å². The summed E-state index contributed by atoms with van der Waals surface area (Å²) in [4.78, 5) is 36.7. The van der Waals surface area contributed by atoms with E-state index in [2.05, 4.69) is 20.5 Å². The lowest BCUT2D eigenvalue weighted by Gasteiger charge is -2.13. The number of nitrogens with one attached hydrogen (secondary N) is 3. The van der Waals surface area contributed by atoms with Crippen molar-refractivity contribution in [3.05, 3.63) is 49.6 Å². The zero-order chi connectivity index (χ0) is 16.3. The molecular weight excluding hydrogens is 328 g/mol. The van der Waals surface area contributed by atoms with Crippen molar-refractivity contribution in [1.82, 2.24) is 15.2 Å². The number of amides is 1. The summed E-state index contributed by atoms with van der Waals surface area (Å²) in [7, 11) is 0. The molecule has 0 bridgehead atoms. The van der Waals surface area contributed by atoms with Crippen LogP contribution < -0.4 is 16.6 Å². The standard InChI is InChI=1S/C13H13ClN4O3S/c1-6-8(14)4-3-5-9(6)15-10(19)7(2)22-12-11(20)16-13(21)18-17-12/h3-5,7H,1-2H3,(H,15,19)(H2,16,18,20,21). The first kappa shape index (κ1) is 16.3. The summed E-state index contributed by atoms with van der Waals surface area (Å²) in [5.41, 5.74) is 0.0383. The summed E-state index contributed by atoms with van der Waals surface area (Å²) < 4.78 is 0. The van der Waals surface area contributed by atoms with Gasteiger partial charge in [0, 0.05) is 10.7 Å². The van der Waals surface area contributed by atoms with E-state index in [1.165, 1.54) is 0 Å². The highest BCUT2D eigenvalue weighted by molar-refractivity contribution is 8.00. The number of aromatic nitrogens is 3. The Morgan fingerprint density at radius 2 is 2.14 bits per heavy atom. The van der Waals surface area contributed by atoms with Gasteiger partial charge in [0.05, 0.1) is 5.25 Å². The van der Waals surface area contributed by atoms with Crippen LogP contribution in [0.1, 0.15) is 12.5 Å².